The summed E-state index contributed by atoms with van der Waals surface area (Å²) in [5, 5.41) is 5.55. The summed E-state index contributed by atoms with van der Waals surface area (Å²) in [4.78, 5) is 36.7. The molecule has 4 N–H and O–H groups in total. The van der Waals surface area contributed by atoms with Crippen molar-refractivity contribution in [3.63, 3.8) is 0 Å². The SMILES string of the molecule is NC(=O)C1(NC=O)CCN(C(=O)CNC2C[C@@H]2c2cc(F)cc(F)c2OCc2ccccc2)C1. The summed E-state index contributed by atoms with van der Waals surface area (Å²) in [7, 11) is 0. The van der Waals surface area contributed by atoms with E-state index in [0.717, 1.165) is 11.6 Å². The van der Waals surface area contributed by atoms with Gasteiger partial charge in [0.15, 0.2) is 11.6 Å². The number of primary amides is 1. The van der Waals surface area contributed by atoms with Gasteiger partial charge in [0.1, 0.15) is 18.0 Å². The van der Waals surface area contributed by atoms with Gasteiger partial charge in [-0.1, -0.05) is 30.3 Å². The lowest BCUT2D eigenvalue weighted by molar-refractivity contribution is -0.131. The molecule has 4 rings (SSSR count). The zero-order valence-electron chi connectivity index (χ0n) is 18.4. The van der Waals surface area contributed by atoms with Crippen LogP contribution in [0.5, 0.6) is 5.75 Å². The van der Waals surface area contributed by atoms with Crippen LogP contribution in [0.25, 0.3) is 0 Å². The van der Waals surface area contributed by atoms with E-state index in [4.69, 9.17) is 10.5 Å². The minimum absolute atomic E-state index is 0.00225. The minimum Gasteiger partial charge on any atom is -0.486 e. The number of nitrogens with zero attached hydrogens (tertiary/aromatic N) is 1. The summed E-state index contributed by atoms with van der Waals surface area (Å²) in [6.07, 6.45) is 1.24. The second-order valence-electron chi connectivity index (χ2n) is 8.68. The van der Waals surface area contributed by atoms with Crippen molar-refractivity contribution < 1.29 is 27.9 Å². The van der Waals surface area contributed by atoms with Gasteiger partial charge in [-0.15, -0.1) is 0 Å². The number of nitrogens with one attached hydrogen (secondary N) is 2. The van der Waals surface area contributed by atoms with E-state index in [1.54, 1.807) is 0 Å². The Hall–Kier alpha value is -3.53. The first kappa shape index (κ1) is 23.6. The number of amides is 3. The molecular weight excluding hydrogens is 446 g/mol. The van der Waals surface area contributed by atoms with Crippen LogP contribution in [0.2, 0.25) is 0 Å². The molecule has 1 aliphatic carbocycles. The number of rotatable bonds is 10. The second kappa shape index (κ2) is 9.76. The van der Waals surface area contributed by atoms with Crippen LogP contribution in [0.15, 0.2) is 42.5 Å². The number of hydrogen-bond donors (Lipinski definition) is 3. The van der Waals surface area contributed by atoms with Gasteiger partial charge in [0, 0.05) is 30.1 Å². The van der Waals surface area contributed by atoms with Crippen LogP contribution in [-0.2, 0) is 21.0 Å². The van der Waals surface area contributed by atoms with E-state index in [9.17, 15) is 23.2 Å². The number of likely N-dealkylation sites (tertiary alicyclic amines) is 1. The molecular formula is C24H26F2N4O4. The highest BCUT2D eigenvalue weighted by molar-refractivity contribution is 5.89. The molecule has 2 aliphatic rings. The first-order chi connectivity index (χ1) is 16.3. The van der Waals surface area contributed by atoms with Gasteiger partial charge in [-0.05, 0) is 24.5 Å². The van der Waals surface area contributed by atoms with Crippen molar-refractivity contribution in [2.75, 3.05) is 19.6 Å². The standard InChI is InChI=1S/C24H26F2N4O4/c25-16-8-18(22(19(26)9-16)34-12-15-4-2-1-3-5-15)17-10-20(17)28-11-21(32)30-7-6-24(13-30,23(27)33)29-14-31/h1-5,8-9,14,17,20,28H,6-7,10-13H2,(H2,27,33)(H,29,31)/t17-,20?,24?/m1/s1. The van der Waals surface area contributed by atoms with Crippen molar-refractivity contribution in [3.05, 3.63) is 65.2 Å². The third kappa shape index (κ3) is 5.01. The summed E-state index contributed by atoms with van der Waals surface area (Å²) >= 11 is 0. The molecule has 1 saturated carbocycles. The Morgan fingerprint density at radius 1 is 1.24 bits per heavy atom. The minimum atomic E-state index is -1.26. The molecule has 0 spiro atoms. The van der Waals surface area contributed by atoms with Crippen LogP contribution < -0.4 is 21.1 Å². The molecule has 3 amide bonds. The Balaban J connectivity index is 1.36. The number of ether oxygens (including phenoxy) is 1. The van der Waals surface area contributed by atoms with Crippen molar-refractivity contribution in [3.8, 4) is 5.75 Å². The fourth-order valence-electron chi connectivity index (χ4n) is 4.36. The fourth-order valence-corrected chi connectivity index (χ4v) is 4.36. The number of nitrogens with two attached hydrogens (primary N) is 1. The predicted molar refractivity (Wildman–Crippen MR) is 119 cm³/mol. The van der Waals surface area contributed by atoms with Crippen LogP contribution in [0, 0.1) is 11.6 Å². The lowest BCUT2D eigenvalue weighted by Crippen LogP contribution is -2.57. The molecule has 3 atom stereocenters. The Bertz CT molecular complexity index is 1080. The van der Waals surface area contributed by atoms with Crippen LogP contribution in [0.1, 0.15) is 29.9 Å². The first-order valence-corrected chi connectivity index (χ1v) is 11.0. The van der Waals surface area contributed by atoms with Crippen molar-refractivity contribution in [1.29, 1.82) is 0 Å². The van der Waals surface area contributed by atoms with Gasteiger partial charge in [0.05, 0.1) is 13.1 Å². The van der Waals surface area contributed by atoms with Gasteiger partial charge < -0.3 is 26.0 Å². The fraction of sp³-hybridized carbons (Fsp3) is 0.375. The Morgan fingerprint density at radius 2 is 2.00 bits per heavy atom. The normalized spacial score (nSPS) is 23.4. The molecule has 0 aromatic heterocycles. The molecule has 2 unspecified atom stereocenters. The van der Waals surface area contributed by atoms with Crippen molar-refractivity contribution >= 4 is 18.2 Å². The van der Waals surface area contributed by atoms with E-state index >= 15 is 0 Å². The summed E-state index contributed by atoms with van der Waals surface area (Å²) in [5.74, 6) is -2.60. The molecule has 2 aromatic rings. The maximum atomic E-state index is 14.5. The lowest BCUT2D eigenvalue weighted by Gasteiger charge is -2.25. The maximum absolute atomic E-state index is 14.5. The molecule has 1 heterocycles. The highest BCUT2D eigenvalue weighted by Gasteiger charge is 2.45. The molecule has 1 aliphatic heterocycles. The molecule has 34 heavy (non-hydrogen) atoms. The number of halogens is 2. The summed E-state index contributed by atoms with van der Waals surface area (Å²) in [6.45, 7) is 0.410. The molecule has 2 fully saturated rings. The van der Waals surface area contributed by atoms with E-state index in [0.29, 0.717) is 18.4 Å². The largest absolute Gasteiger partial charge is 0.486 e. The Morgan fingerprint density at radius 3 is 2.71 bits per heavy atom. The van der Waals surface area contributed by atoms with Crippen LogP contribution >= 0.6 is 0 Å². The zero-order chi connectivity index (χ0) is 24.3. The molecule has 2 aromatic carbocycles. The van der Waals surface area contributed by atoms with E-state index in [1.807, 2.05) is 30.3 Å². The average molecular weight is 472 g/mol. The average Bonchev–Trinajstić information content (AvgIpc) is 3.46. The van der Waals surface area contributed by atoms with Gasteiger partial charge in [0.25, 0.3) is 0 Å². The second-order valence-corrected chi connectivity index (χ2v) is 8.68. The molecule has 0 radical (unpaired) electrons. The monoisotopic (exact) mass is 472 g/mol. The van der Waals surface area contributed by atoms with Crippen molar-refractivity contribution in [2.45, 2.75) is 36.9 Å². The predicted octanol–water partition coefficient (Wildman–Crippen LogP) is 1.19. The number of carbonyl (C=O) groups is 3. The van der Waals surface area contributed by atoms with Crippen molar-refractivity contribution in [1.82, 2.24) is 15.5 Å². The number of hydrogen-bond acceptors (Lipinski definition) is 5. The number of carbonyl (C=O) groups excluding carboxylic acids is 3. The van der Waals surface area contributed by atoms with Crippen molar-refractivity contribution in [2.24, 2.45) is 5.73 Å². The molecule has 0 bridgehead atoms. The molecule has 180 valence electrons. The molecule has 10 heteroatoms. The molecule has 8 nitrogen and oxygen atoms in total. The van der Waals surface area contributed by atoms with Crippen LogP contribution in [0.4, 0.5) is 8.78 Å². The Kier molecular flexibility index (Phi) is 6.78. The number of benzene rings is 2. The third-order valence-electron chi connectivity index (χ3n) is 6.40. The highest BCUT2D eigenvalue weighted by atomic mass is 19.1. The van der Waals surface area contributed by atoms with E-state index in [-0.39, 0.29) is 56.3 Å². The summed E-state index contributed by atoms with van der Waals surface area (Å²) in [6, 6.07) is 11.2. The zero-order valence-corrected chi connectivity index (χ0v) is 18.4. The Labute approximate surface area is 195 Å². The smallest absolute Gasteiger partial charge is 0.245 e. The van der Waals surface area contributed by atoms with E-state index in [2.05, 4.69) is 10.6 Å². The maximum Gasteiger partial charge on any atom is 0.245 e. The summed E-state index contributed by atoms with van der Waals surface area (Å²) < 4.78 is 34.2. The topological polar surface area (TPSA) is 114 Å². The lowest BCUT2D eigenvalue weighted by atomic mass is 9.98. The van der Waals surface area contributed by atoms with E-state index < -0.39 is 23.1 Å². The molecule has 1 saturated heterocycles. The third-order valence-corrected chi connectivity index (χ3v) is 6.40. The van der Waals surface area contributed by atoms with Gasteiger partial charge in [-0.2, -0.15) is 0 Å². The van der Waals surface area contributed by atoms with Gasteiger partial charge in [-0.25, -0.2) is 8.78 Å². The van der Waals surface area contributed by atoms with Crippen LogP contribution in [0.3, 0.4) is 0 Å². The summed E-state index contributed by atoms with van der Waals surface area (Å²) in [5.41, 5.74) is 5.42. The van der Waals surface area contributed by atoms with Gasteiger partial charge in [0.2, 0.25) is 18.2 Å². The quantitative estimate of drug-likeness (QED) is 0.450. The highest BCUT2D eigenvalue weighted by Crippen LogP contribution is 2.46. The first-order valence-electron chi connectivity index (χ1n) is 11.0. The van der Waals surface area contributed by atoms with E-state index in [1.165, 1.54) is 11.0 Å². The van der Waals surface area contributed by atoms with Crippen LogP contribution in [-0.4, -0.2) is 54.3 Å². The van der Waals surface area contributed by atoms with Gasteiger partial charge in [-0.3, -0.25) is 14.4 Å². The van der Waals surface area contributed by atoms with Gasteiger partial charge >= 0.3 is 0 Å².